The van der Waals surface area contributed by atoms with Gasteiger partial charge in [0.15, 0.2) is 0 Å². The molecule has 0 radical (unpaired) electrons. The number of alkyl carbamates (subject to hydrolysis) is 1. The van der Waals surface area contributed by atoms with E-state index in [-0.39, 0.29) is 17.8 Å². The van der Waals surface area contributed by atoms with E-state index >= 15 is 0 Å². The summed E-state index contributed by atoms with van der Waals surface area (Å²) >= 11 is 0. The summed E-state index contributed by atoms with van der Waals surface area (Å²) in [6.45, 7) is 6.50. The molecule has 0 aromatic carbocycles. The lowest BCUT2D eigenvalue weighted by atomic mass is 10.1. The van der Waals surface area contributed by atoms with E-state index in [9.17, 15) is 14.9 Å². The summed E-state index contributed by atoms with van der Waals surface area (Å²) in [5.41, 5.74) is -0.612. The van der Waals surface area contributed by atoms with Gasteiger partial charge >= 0.3 is 11.8 Å². The summed E-state index contributed by atoms with van der Waals surface area (Å²) in [5.74, 6) is 0.461. The van der Waals surface area contributed by atoms with Crippen molar-refractivity contribution in [2.75, 3.05) is 25.1 Å². The minimum absolute atomic E-state index is 0.0278. The van der Waals surface area contributed by atoms with Gasteiger partial charge in [-0.25, -0.2) is 9.48 Å². The number of aryl methyl sites for hydroxylation is 1. The number of carbonyl (C=O) groups is 1. The fourth-order valence-electron chi connectivity index (χ4n) is 3.11. The Morgan fingerprint density at radius 3 is 2.62 bits per heavy atom. The highest BCUT2D eigenvalue weighted by atomic mass is 16.6. The number of amides is 1. The maximum absolute atomic E-state index is 12.1. The van der Waals surface area contributed by atoms with Crippen molar-refractivity contribution in [1.82, 2.24) is 15.1 Å². The minimum atomic E-state index is -0.585. The van der Waals surface area contributed by atoms with Crippen LogP contribution in [0.25, 0.3) is 0 Å². The van der Waals surface area contributed by atoms with Crippen molar-refractivity contribution in [1.29, 1.82) is 0 Å². The highest BCUT2D eigenvalue weighted by Gasteiger charge is 2.32. The predicted octanol–water partition coefficient (Wildman–Crippen LogP) is 1.84. The number of methoxy groups -OCH3 is 1. The van der Waals surface area contributed by atoms with Gasteiger partial charge in [-0.2, -0.15) is 5.10 Å². The van der Waals surface area contributed by atoms with Crippen LogP contribution >= 0.6 is 0 Å². The Morgan fingerprint density at radius 2 is 2.04 bits per heavy atom. The largest absolute Gasteiger partial charge is 0.444 e. The van der Waals surface area contributed by atoms with E-state index in [2.05, 4.69) is 10.4 Å². The Hall–Kier alpha value is -2.36. The van der Waals surface area contributed by atoms with Gasteiger partial charge in [-0.15, -0.1) is 0 Å². The molecule has 2 rings (SSSR count). The van der Waals surface area contributed by atoms with E-state index in [0.717, 1.165) is 0 Å². The Labute approximate surface area is 152 Å². The average molecular weight is 369 g/mol. The predicted molar refractivity (Wildman–Crippen MR) is 95.3 cm³/mol. The molecule has 1 aliphatic rings. The van der Waals surface area contributed by atoms with Crippen LogP contribution in [0, 0.1) is 10.1 Å². The van der Waals surface area contributed by atoms with E-state index in [4.69, 9.17) is 9.47 Å². The van der Waals surface area contributed by atoms with Gasteiger partial charge in [0.25, 0.3) is 0 Å². The standard InChI is InChI=1S/C16H27N5O5/c1-16(2,3)26-15(22)18-11-6-8-20(9-7-13(11)25-5)14-12(21(23)24)10-17-19(14)4/h10-11,13H,6-9H2,1-5H3,(H,18,22). The van der Waals surface area contributed by atoms with Crippen molar-refractivity contribution in [3.8, 4) is 0 Å². The normalized spacial score (nSPS) is 21.2. The Bertz CT molecular complexity index is 654. The van der Waals surface area contributed by atoms with E-state index < -0.39 is 16.6 Å². The summed E-state index contributed by atoms with van der Waals surface area (Å²) in [4.78, 5) is 24.8. The number of ether oxygens (including phenoxy) is 2. The van der Waals surface area contributed by atoms with E-state index in [0.29, 0.717) is 31.7 Å². The zero-order valence-corrected chi connectivity index (χ0v) is 15.9. The first-order valence-electron chi connectivity index (χ1n) is 8.56. The highest BCUT2D eigenvalue weighted by molar-refractivity contribution is 5.68. The quantitative estimate of drug-likeness (QED) is 0.636. The van der Waals surface area contributed by atoms with Crippen LogP contribution < -0.4 is 10.2 Å². The van der Waals surface area contributed by atoms with Gasteiger partial charge in [0.05, 0.1) is 17.1 Å². The first-order valence-corrected chi connectivity index (χ1v) is 8.56. The van der Waals surface area contributed by atoms with Gasteiger partial charge in [0.2, 0.25) is 5.82 Å². The van der Waals surface area contributed by atoms with Crippen LogP contribution in [0.2, 0.25) is 0 Å². The Balaban J connectivity index is 2.12. The number of nitrogens with one attached hydrogen (secondary N) is 1. The summed E-state index contributed by atoms with van der Waals surface area (Å²) in [5, 5.41) is 18.1. The number of hydrogen-bond acceptors (Lipinski definition) is 7. The molecule has 26 heavy (non-hydrogen) atoms. The molecule has 1 aromatic rings. The van der Waals surface area contributed by atoms with E-state index in [1.54, 1.807) is 34.9 Å². The van der Waals surface area contributed by atoms with Crippen LogP contribution in [0.1, 0.15) is 33.6 Å². The molecule has 1 fully saturated rings. The SMILES string of the molecule is COC1CCN(c2c([N+](=O)[O-])cnn2C)CCC1NC(=O)OC(C)(C)C. The van der Waals surface area contributed by atoms with Crippen LogP contribution in [-0.4, -0.2) is 58.7 Å². The molecular formula is C16H27N5O5. The Morgan fingerprint density at radius 1 is 1.38 bits per heavy atom. The molecule has 0 spiro atoms. The molecule has 2 unspecified atom stereocenters. The molecule has 1 saturated heterocycles. The van der Waals surface area contributed by atoms with Gasteiger partial charge in [0, 0.05) is 27.2 Å². The van der Waals surface area contributed by atoms with E-state index in [1.165, 1.54) is 10.9 Å². The monoisotopic (exact) mass is 369 g/mol. The number of nitro groups is 1. The maximum atomic E-state index is 12.1. The molecule has 0 saturated carbocycles. The molecule has 2 heterocycles. The lowest BCUT2D eigenvalue weighted by Crippen LogP contribution is -2.46. The molecule has 1 N–H and O–H groups in total. The highest BCUT2D eigenvalue weighted by Crippen LogP contribution is 2.29. The molecule has 2 atom stereocenters. The van der Waals surface area contributed by atoms with Crippen molar-refractivity contribution in [3.63, 3.8) is 0 Å². The second-order valence-corrected chi connectivity index (χ2v) is 7.33. The number of carbonyl (C=O) groups excluding carboxylic acids is 1. The first-order chi connectivity index (χ1) is 12.1. The second kappa shape index (κ2) is 7.90. The average Bonchev–Trinajstić information content (AvgIpc) is 2.79. The maximum Gasteiger partial charge on any atom is 0.407 e. The molecule has 146 valence electrons. The Kier molecular flexibility index (Phi) is 6.06. The lowest BCUT2D eigenvalue weighted by molar-refractivity contribution is -0.384. The van der Waals surface area contributed by atoms with Crippen molar-refractivity contribution in [3.05, 3.63) is 16.3 Å². The third kappa shape index (κ3) is 4.84. The van der Waals surface area contributed by atoms with Crippen molar-refractivity contribution in [2.45, 2.75) is 51.4 Å². The third-order valence-electron chi connectivity index (χ3n) is 4.23. The molecule has 0 bridgehead atoms. The fourth-order valence-corrected chi connectivity index (χ4v) is 3.11. The van der Waals surface area contributed by atoms with Crippen LogP contribution in [0.5, 0.6) is 0 Å². The molecular weight excluding hydrogens is 342 g/mol. The molecule has 10 heteroatoms. The molecule has 1 amide bonds. The number of hydrogen-bond donors (Lipinski definition) is 1. The molecule has 1 aromatic heterocycles. The van der Waals surface area contributed by atoms with Gasteiger partial charge in [-0.1, -0.05) is 0 Å². The first kappa shape index (κ1) is 20.0. The van der Waals surface area contributed by atoms with Crippen molar-refractivity contribution < 1.29 is 19.2 Å². The molecule has 10 nitrogen and oxygen atoms in total. The zero-order chi connectivity index (χ0) is 19.5. The fraction of sp³-hybridized carbons (Fsp3) is 0.750. The summed E-state index contributed by atoms with van der Waals surface area (Å²) < 4.78 is 12.4. The van der Waals surface area contributed by atoms with Gasteiger partial charge in [0.1, 0.15) is 11.8 Å². The van der Waals surface area contributed by atoms with E-state index in [1.807, 2.05) is 4.90 Å². The van der Waals surface area contributed by atoms with Gasteiger partial charge in [-0.05, 0) is 33.6 Å². The molecule has 1 aliphatic heterocycles. The number of aromatic nitrogens is 2. The van der Waals surface area contributed by atoms with Crippen LogP contribution in [-0.2, 0) is 16.5 Å². The van der Waals surface area contributed by atoms with Crippen LogP contribution in [0.15, 0.2) is 6.20 Å². The van der Waals surface area contributed by atoms with Crippen LogP contribution in [0.4, 0.5) is 16.3 Å². The number of rotatable bonds is 4. The van der Waals surface area contributed by atoms with Gasteiger partial charge < -0.3 is 19.7 Å². The van der Waals surface area contributed by atoms with Crippen molar-refractivity contribution in [2.24, 2.45) is 7.05 Å². The number of anilines is 1. The minimum Gasteiger partial charge on any atom is -0.444 e. The smallest absolute Gasteiger partial charge is 0.407 e. The number of nitrogens with zero attached hydrogens (tertiary/aromatic N) is 4. The summed E-state index contributed by atoms with van der Waals surface area (Å²) in [6, 6.07) is -0.243. The summed E-state index contributed by atoms with van der Waals surface area (Å²) in [6.07, 6.45) is 1.73. The lowest BCUT2D eigenvalue weighted by Gasteiger charge is -2.26. The zero-order valence-electron chi connectivity index (χ0n) is 15.9. The summed E-state index contributed by atoms with van der Waals surface area (Å²) in [7, 11) is 3.27. The molecule has 0 aliphatic carbocycles. The van der Waals surface area contributed by atoms with Crippen molar-refractivity contribution >= 4 is 17.6 Å². The van der Waals surface area contributed by atoms with Gasteiger partial charge in [-0.3, -0.25) is 10.1 Å². The topological polar surface area (TPSA) is 112 Å². The van der Waals surface area contributed by atoms with Crippen LogP contribution in [0.3, 0.4) is 0 Å². The second-order valence-electron chi connectivity index (χ2n) is 7.33. The third-order valence-corrected chi connectivity index (χ3v) is 4.23.